The largest absolute Gasteiger partial charge is 0.197 e. The van der Waals surface area contributed by atoms with E-state index < -0.39 is 0 Å². The number of unbranched alkanes of at least 4 members (excludes halogenated alkanes) is 2. The van der Waals surface area contributed by atoms with Gasteiger partial charge in [-0.25, -0.2) is 0 Å². The quantitative estimate of drug-likeness (QED) is 0.525. The maximum atomic E-state index is 8.28. The molecule has 0 radical (unpaired) electrons. The van der Waals surface area contributed by atoms with Gasteiger partial charge in [-0.05, 0) is 17.3 Å². The number of alkyl halides is 1. The van der Waals surface area contributed by atoms with Crippen molar-refractivity contribution in [2.24, 2.45) is 5.92 Å². The highest BCUT2D eigenvalue weighted by Crippen LogP contribution is 2.04. The van der Waals surface area contributed by atoms with E-state index in [4.69, 9.17) is 21.0 Å². The highest BCUT2D eigenvalue weighted by atomic mass is 127. The molecule has 0 aliphatic rings. The lowest BCUT2D eigenvalue weighted by molar-refractivity contribution is 0.659. The second-order valence-electron chi connectivity index (χ2n) is 3.49. The molecule has 0 N–H and O–H groups in total. The molecule has 0 saturated carbocycles. The highest BCUT2D eigenvalue weighted by molar-refractivity contribution is 14.1. The van der Waals surface area contributed by atoms with Crippen molar-refractivity contribution in [1.29, 1.82) is 21.0 Å². The van der Waals surface area contributed by atoms with E-state index in [9.17, 15) is 0 Å². The monoisotopic (exact) mass is 372 g/mol. The van der Waals surface area contributed by atoms with Crippen LogP contribution in [0.2, 0.25) is 0 Å². The topological polar surface area (TPSA) is 95.2 Å². The van der Waals surface area contributed by atoms with Crippen LogP contribution in [-0.4, -0.2) is 4.43 Å². The Morgan fingerprint density at radius 1 is 0.895 bits per heavy atom. The summed E-state index contributed by atoms with van der Waals surface area (Å²) in [5.41, 5.74) is 0. The lowest BCUT2D eigenvalue weighted by Crippen LogP contribution is -1.90. The Bertz CT molecular complexity index is 299. The van der Waals surface area contributed by atoms with Gasteiger partial charge in [0.05, 0.1) is 24.3 Å². The van der Waals surface area contributed by atoms with Gasteiger partial charge in [-0.15, -0.1) is 0 Å². The lowest BCUT2D eigenvalue weighted by Gasteiger charge is -1.93. The molecule has 0 amide bonds. The summed E-state index contributed by atoms with van der Waals surface area (Å²) in [5, 5.41) is 31.7. The molecule has 0 aliphatic carbocycles. The standard InChI is InChI=1S/C7H10N2.C4H9I.C3H2N2/c1-2-3-4-7(5-8)6-9;1-2-3-4-5;4-2-1-3-5/h7H,2-4H2,1H3;2-4H2,1H3;1H2. The molecule has 0 aromatic carbocycles. The molecule has 0 unspecified atom stereocenters. The zero-order valence-corrected chi connectivity index (χ0v) is 13.9. The summed E-state index contributed by atoms with van der Waals surface area (Å²) in [4.78, 5) is 0. The van der Waals surface area contributed by atoms with Gasteiger partial charge in [-0.2, -0.15) is 21.0 Å². The zero-order valence-electron chi connectivity index (χ0n) is 11.7. The maximum Gasteiger partial charge on any atom is 0.133 e. The van der Waals surface area contributed by atoms with Crippen molar-refractivity contribution in [1.82, 2.24) is 0 Å². The second kappa shape index (κ2) is 25.5. The summed E-state index contributed by atoms with van der Waals surface area (Å²) in [6.45, 7) is 4.25. The number of hydrogen-bond donors (Lipinski definition) is 0. The molecule has 0 rings (SSSR count). The molecule has 0 heterocycles. The molecule has 0 aromatic rings. The van der Waals surface area contributed by atoms with Gasteiger partial charge in [-0.3, -0.25) is 0 Å². The first kappa shape index (κ1) is 22.8. The molecule has 19 heavy (non-hydrogen) atoms. The van der Waals surface area contributed by atoms with Gasteiger partial charge >= 0.3 is 0 Å². The molecule has 0 spiro atoms. The van der Waals surface area contributed by atoms with Gasteiger partial charge in [0.25, 0.3) is 0 Å². The normalized spacial score (nSPS) is 7.37. The van der Waals surface area contributed by atoms with Crippen LogP contribution >= 0.6 is 22.6 Å². The minimum absolute atomic E-state index is 0. The summed E-state index contributed by atoms with van der Waals surface area (Å²) in [5.74, 6) is -0.384. The minimum Gasteiger partial charge on any atom is -0.197 e. The summed E-state index contributed by atoms with van der Waals surface area (Å²) in [6.07, 6.45) is 5.47. The molecule has 0 atom stereocenters. The lowest BCUT2D eigenvalue weighted by atomic mass is 10.1. The SMILES string of the molecule is CCCCC(C#N)C#N.CCCCI.N#CCC#N. The second-order valence-corrected chi connectivity index (χ2v) is 4.57. The third-order valence-corrected chi connectivity index (χ3v) is 2.57. The third-order valence-electron chi connectivity index (χ3n) is 1.80. The average molecular weight is 372 g/mol. The van der Waals surface area contributed by atoms with Crippen LogP contribution < -0.4 is 0 Å². The van der Waals surface area contributed by atoms with Crippen LogP contribution in [-0.2, 0) is 0 Å². The first-order valence-electron chi connectivity index (χ1n) is 6.27. The molecule has 104 valence electrons. The Morgan fingerprint density at radius 3 is 1.53 bits per heavy atom. The predicted molar refractivity (Wildman–Crippen MR) is 83.9 cm³/mol. The van der Waals surface area contributed by atoms with Crippen molar-refractivity contribution in [3.63, 3.8) is 0 Å². The van der Waals surface area contributed by atoms with E-state index in [-0.39, 0.29) is 12.3 Å². The van der Waals surface area contributed by atoms with E-state index in [1.807, 2.05) is 19.1 Å². The molecule has 0 aromatic heterocycles. The fourth-order valence-electron chi connectivity index (χ4n) is 0.735. The van der Waals surface area contributed by atoms with Crippen molar-refractivity contribution in [2.45, 2.75) is 52.4 Å². The van der Waals surface area contributed by atoms with Gasteiger partial charge in [0, 0.05) is 0 Å². The number of nitriles is 4. The molecule has 0 aliphatic heterocycles. The zero-order chi connectivity index (χ0) is 15.4. The number of halogens is 1. The first-order chi connectivity index (χ1) is 9.17. The Hall–Kier alpha value is -1.31. The van der Waals surface area contributed by atoms with Crippen LogP contribution in [0, 0.1) is 51.2 Å². The molecule has 5 heteroatoms. The Balaban J connectivity index is -0.000000219. The fraction of sp³-hybridized carbons (Fsp3) is 0.714. The van der Waals surface area contributed by atoms with Crippen molar-refractivity contribution in [2.75, 3.05) is 4.43 Å². The predicted octanol–water partition coefficient (Wildman–Crippen LogP) is 4.49. The number of hydrogen-bond acceptors (Lipinski definition) is 4. The molecular weight excluding hydrogens is 351 g/mol. The Labute approximate surface area is 130 Å². The van der Waals surface area contributed by atoms with Crippen molar-refractivity contribution in [3.8, 4) is 24.3 Å². The highest BCUT2D eigenvalue weighted by Gasteiger charge is 2.01. The van der Waals surface area contributed by atoms with E-state index in [2.05, 4.69) is 29.5 Å². The van der Waals surface area contributed by atoms with E-state index in [0.717, 1.165) is 19.3 Å². The molecule has 0 bridgehead atoms. The van der Waals surface area contributed by atoms with E-state index in [1.54, 1.807) is 12.1 Å². The van der Waals surface area contributed by atoms with Gasteiger partial charge in [0.15, 0.2) is 0 Å². The van der Waals surface area contributed by atoms with Crippen molar-refractivity contribution >= 4 is 22.6 Å². The van der Waals surface area contributed by atoms with Crippen LogP contribution in [0.15, 0.2) is 0 Å². The van der Waals surface area contributed by atoms with E-state index >= 15 is 0 Å². The van der Waals surface area contributed by atoms with Crippen LogP contribution in [0.3, 0.4) is 0 Å². The van der Waals surface area contributed by atoms with Gasteiger partial charge in [0.1, 0.15) is 12.3 Å². The maximum absolute atomic E-state index is 8.28. The molecule has 0 fully saturated rings. The van der Waals surface area contributed by atoms with Crippen molar-refractivity contribution in [3.05, 3.63) is 0 Å². The summed E-state index contributed by atoms with van der Waals surface area (Å²) >= 11 is 2.39. The van der Waals surface area contributed by atoms with Crippen LogP contribution in [0.25, 0.3) is 0 Å². The van der Waals surface area contributed by atoms with Crippen LogP contribution in [0.1, 0.15) is 52.4 Å². The Morgan fingerprint density at radius 2 is 1.37 bits per heavy atom. The molecule has 4 nitrogen and oxygen atoms in total. The van der Waals surface area contributed by atoms with Crippen molar-refractivity contribution < 1.29 is 0 Å². The van der Waals surface area contributed by atoms with Gasteiger partial charge < -0.3 is 0 Å². The molecule has 0 saturated heterocycles. The summed E-state index contributed by atoms with van der Waals surface area (Å²) in [7, 11) is 0. The minimum atomic E-state index is -0.384. The van der Waals surface area contributed by atoms with Gasteiger partial charge in [0.2, 0.25) is 0 Å². The summed E-state index contributed by atoms with van der Waals surface area (Å²) in [6, 6.07) is 7.16. The van der Waals surface area contributed by atoms with Crippen LogP contribution in [0.5, 0.6) is 0 Å². The molecular formula is C14H21IN4. The smallest absolute Gasteiger partial charge is 0.133 e. The van der Waals surface area contributed by atoms with E-state index in [1.165, 1.54) is 17.3 Å². The van der Waals surface area contributed by atoms with Gasteiger partial charge in [-0.1, -0.05) is 55.7 Å². The number of rotatable bonds is 5. The van der Waals surface area contributed by atoms with E-state index in [0.29, 0.717) is 0 Å². The first-order valence-corrected chi connectivity index (χ1v) is 7.79. The third kappa shape index (κ3) is 31.5. The fourth-order valence-corrected chi connectivity index (χ4v) is 1.50. The average Bonchev–Trinajstić information content (AvgIpc) is 2.43. The van der Waals surface area contributed by atoms with Crippen LogP contribution in [0.4, 0.5) is 0 Å². The summed E-state index contributed by atoms with van der Waals surface area (Å²) < 4.78 is 1.31. The number of nitrogens with zero attached hydrogens (tertiary/aromatic N) is 4. The Kier molecular flexibility index (Phi) is 30.7.